The number of carbonyl (C=O) groups excluding carboxylic acids is 3. The first kappa shape index (κ1) is 41.2. The van der Waals surface area contributed by atoms with Crippen LogP contribution in [0.25, 0.3) is 10.9 Å². The number of esters is 3. The predicted octanol–water partition coefficient (Wildman–Crippen LogP) is 3.39. The molecule has 60 heavy (non-hydrogen) atoms. The maximum absolute atomic E-state index is 15.3. The van der Waals surface area contributed by atoms with Gasteiger partial charge in [0, 0.05) is 84.4 Å². The summed E-state index contributed by atoms with van der Waals surface area (Å²) in [5, 5.41) is 37.2. The summed E-state index contributed by atoms with van der Waals surface area (Å²) in [5.41, 5.74) is -0.902. The number of H-pyrrole nitrogens is 1. The molecule has 2 bridgehead atoms. The molecule has 6 heterocycles. The molecule has 324 valence electrons. The Labute approximate surface area is 351 Å². The second-order valence-electron chi connectivity index (χ2n) is 18.4. The molecule has 1 aromatic heterocycles. The van der Waals surface area contributed by atoms with E-state index in [1.807, 2.05) is 50.1 Å². The van der Waals surface area contributed by atoms with Crippen molar-refractivity contribution in [2.24, 2.45) is 17.8 Å². The van der Waals surface area contributed by atoms with Crippen molar-refractivity contribution < 1.29 is 48.7 Å². The number of ether oxygens (including phenoxy) is 4. The monoisotopic (exact) mass is 828 g/mol. The number of aromatic nitrogens is 1. The van der Waals surface area contributed by atoms with Gasteiger partial charge in [-0.05, 0) is 80.2 Å². The molecule has 4 N–H and O–H groups in total. The van der Waals surface area contributed by atoms with Gasteiger partial charge in [-0.15, -0.1) is 0 Å². The van der Waals surface area contributed by atoms with Crippen LogP contribution in [-0.2, 0) is 45.8 Å². The second kappa shape index (κ2) is 14.4. The fourth-order valence-corrected chi connectivity index (χ4v) is 13.9. The molecule has 5 aliphatic heterocycles. The van der Waals surface area contributed by atoms with Crippen LogP contribution in [-0.4, -0.2) is 138 Å². The lowest BCUT2D eigenvalue weighted by Gasteiger charge is -2.56. The molecule has 1 spiro atoms. The molecule has 1 saturated carbocycles. The zero-order chi connectivity index (χ0) is 42.7. The van der Waals surface area contributed by atoms with E-state index in [2.05, 4.69) is 26.9 Å². The molecule has 0 amide bonds. The maximum Gasteiger partial charge on any atom is 0.344 e. The maximum atomic E-state index is 15.3. The molecule has 14 nitrogen and oxygen atoms in total. The third-order valence-electron chi connectivity index (χ3n) is 16.2. The van der Waals surface area contributed by atoms with E-state index in [4.69, 9.17) is 18.9 Å². The number of benzene rings is 2. The van der Waals surface area contributed by atoms with Gasteiger partial charge in [-0.25, -0.2) is 4.79 Å². The van der Waals surface area contributed by atoms with Gasteiger partial charge in [-0.2, -0.15) is 0 Å². The number of aromatic amines is 1. The largest absolute Gasteiger partial charge is 0.496 e. The highest BCUT2D eigenvalue weighted by Gasteiger charge is 2.80. The van der Waals surface area contributed by atoms with Gasteiger partial charge >= 0.3 is 17.9 Å². The number of nitrogens with zero attached hydrogens (tertiary/aromatic N) is 3. The number of hydrogen-bond donors (Lipinski definition) is 4. The van der Waals surface area contributed by atoms with Gasteiger partial charge in [0.25, 0.3) is 0 Å². The Morgan fingerprint density at radius 3 is 2.40 bits per heavy atom. The Bertz CT molecular complexity index is 2230. The Kier molecular flexibility index (Phi) is 9.90. The summed E-state index contributed by atoms with van der Waals surface area (Å²) in [6.45, 7) is 6.94. The smallest absolute Gasteiger partial charge is 0.344 e. The molecule has 12 atom stereocenters. The summed E-state index contributed by atoms with van der Waals surface area (Å²) >= 11 is 0. The lowest BCUT2D eigenvalue weighted by atomic mass is 9.53. The number of anilines is 1. The molecule has 5 unspecified atom stereocenters. The van der Waals surface area contributed by atoms with E-state index >= 15 is 4.79 Å². The van der Waals surface area contributed by atoms with Crippen LogP contribution >= 0.6 is 0 Å². The summed E-state index contributed by atoms with van der Waals surface area (Å²) in [6, 6.07) is 10.4. The van der Waals surface area contributed by atoms with Gasteiger partial charge in [-0.3, -0.25) is 19.4 Å². The van der Waals surface area contributed by atoms with E-state index in [9.17, 15) is 24.9 Å². The third-order valence-corrected chi connectivity index (χ3v) is 16.2. The van der Waals surface area contributed by atoms with Gasteiger partial charge in [0.05, 0.1) is 34.0 Å². The topological polar surface area (TPSA) is 174 Å². The molecular formula is C46H60N4O10. The van der Waals surface area contributed by atoms with Crippen LogP contribution < -0.4 is 9.64 Å². The summed E-state index contributed by atoms with van der Waals surface area (Å²) in [6.07, 6.45) is 2.62. The first-order valence-corrected chi connectivity index (χ1v) is 21.7. The van der Waals surface area contributed by atoms with Gasteiger partial charge in [-0.1, -0.05) is 38.5 Å². The number of fused-ring (bicyclic) bond motifs is 6. The highest BCUT2D eigenvalue weighted by molar-refractivity contribution is 5.95. The van der Waals surface area contributed by atoms with E-state index < -0.39 is 58.1 Å². The highest BCUT2D eigenvalue weighted by Crippen LogP contribution is 2.67. The van der Waals surface area contributed by atoms with Crippen molar-refractivity contribution in [3.8, 4) is 5.75 Å². The number of aliphatic hydroxyl groups excluding tert-OH is 1. The minimum Gasteiger partial charge on any atom is -0.496 e. The zero-order valence-corrected chi connectivity index (χ0v) is 35.8. The van der Waals surface area contributed by atoms with Crippen LogP contribution in [0.4, 0.5) is 5.69 Å². The number of carbonyl (C=O) groups is 3. The van der Waals surface area contributed by atoms with Crippen LogP contribution in [0.2, 0.25) is 0 Å². The van der Waals surface area contributed by atoms with E-state index in [-0.39, 0.29) is 30.5 Å². The van der Waals surface area contributed by atoms with Crippen LogP contribution in [0.5, 0.6) is 5.75 Å². The van der Waals surface area contributed by atoms with Gasteiger partial charge in [0.1, 0.15) is 23.0 Å². The first-order chi connectivity index (χ1) is 28.7. The molecule has 3 aromatic rings. The van der Waals surface area contributed by atoms with Gasteiger partial charge in [0.2, 0.25) is 5.60 Å². The molecule has 9 rings (SSSR count). The SMILES string of the molecule is CC[C@@H]1C2[C@@H]3N(CCC34c3cc([C@@]5(C(=O)OC)CC6CCC(O)(CC)N(CCc7c5[nH]c5ccccc75)C6)c(OC)cc3N(C)[C@H]4[C@@](O)(C(=O)OC)[C@@H]2OC(C)=O)[C@H]1CO. The van der Waals surface area contributed by atoms with E-state index in [0.717, 1.165) is 27.7 Å². The number of aliphatic hydroxyl groups is 3. The Morgan fingerprint density at radius 1 is 0.983 bits per heavy atom. The lowest BCUT2D eigenvalue weighted by Crippen LogP contribution is -2.77. The quantitative estimate of drug-likeness (QED) is 0.193. The molecule has 4 fully saturated rings. The minimum atomic E-state index is -2.32. The van der Waals surface area contributed by atoms with Gasteiger partial charge < -0.3 is 44.2 Å². The van der Waals surface area contributed by atoms with Crippen LogP contribution in [0, 0.1) is 17.8 Å². The van der Waals surface area contributed by atoms with Gasteiger partial charge in [0.15, 0.2) is 0 Å². The zero-order valence-electron chi connectivity index (χ0n) is 35.8. The third kappa shape index (κ3) is 5.20. The average molecular weight is 829 g/mol. The number of methoxy groups -OCH3 is 3. The Hall–Kier alpha value is -4.21. The number of para-hydroxylation sites is 1. The first-order valence-electron chi connectivity index (χ1n) is 21.7. The van der Waals surface area contributed by atoms with E-state index in [0.29, 0.717) is 81.6 Å². The summed E-state index contributed by atoms with van der Waals surface area (Å²) in [7, 11) is 6.09. The molecule has 1 aliphatic carbocycles. The normalized spacial score (nSPS) is 37.9. The molecule has 6 aliphatic rings. The van der Waals surface area contributed by atoms with Crippen LogP contribution in [0.15, 0.2) is 36.4 Å². The lowest BCUT2D eigenvalue weighted by molar-refractivity contribution is -0.213. The Balaban J connectivity index is 1.34. The number of rotatable bonds is 8. The standard InChI is InChI=1S/C46H60N4O10/c1-8-27-34(24-51)50-19-17-44-30-20-31(35(57-5)21-33(30)48(4)40(44)46(56,42(54)59-7)39(60-25(3)52)36(27)38(44)50)45(41(53)58-6)22-26-14-16-43(55,9-2)49(23-26)18-15-29-28-12-10-11-13-32(28)47-37(29)45/h10-13,20-21,26-27,34,36,38-40,47,51,55-56H,8-9,14-19,22-24H2,1-7H3/t26?,27-,34-,36?,38-,39+,40+,43?,44?,45-,46+/m0/s1. The highest BCUT2D eigenvalue weighted by atomic mass is 16.6. The average Bonchev–Trinajstić information content (AvgIpc) is 3.99. The number of hydrogen-bond acceptors (Lipinski definition) is 13. The van der Waals surface area contributed by atoms with Crippen LogP contribution in [0.1, 0.15) is 81.7 Å². The molecular weight excluding hydrogens is 769 g/mol. The van der Waals surface area contributed by atoms with E-state index in [1.165, 1.54) is 21.1 Å². The van der Waals surface area contributed by atoms with Crippen molar-refractivity contribution in [3.63, 3.8) is 0 Å². The Morgan fingerprint density at radius 2 is 1.73 bits per heavy atom. The fraction of sp³-hybridized carbons (Fsp3) is 0.630. The minimum absolute atomic E-state index is 0.0137. The molecule has 0 radical (unpaired) electrons. The van der Waals surface area contributed by atoms with Crippen molar-refractivity contribution in [1.82, 2.24) is 14.8 Å². The summed E-state index contributed by atoms with van der Waals surface area (Å²) in [4.78, 5) is 52.8. The number of nitrogens with one attached hydrogen (secondary N) is 1. The van der Waals surface area contributed by atoms with E-state index in [1.54, 1.807) is 7.11 Å². The molecule has 3 saturated heterocycles. The molecule has 2 aromatic carbocycles. The summed E-state index contributed by atoms with van der Waals surface area (Å²) < 4.78 is 23.8. The van der Waals surface area contributed by atoms with Crippen LogP contribution in [0.3, 0.4) is 0 Å². The predicted molar refractivity (Wildman–Crippen MR) is 222 cm³/mol. The number of piperidine rings is 1. The van der Waals surface area contributed by atoms with Crippen molar-refractivity contribution >= 4 is 34.5 Å². The van der Waals surface area contributed by atoms with Crippen molar-refractivity contribution in [2.75, 3.05) is 59.5 Å². The number of likely N-dealkylation sites (N-methyl/N-ethyl adjacent to an activating group) is 1. The molecule has 14 heteroatoms. The summed E-state index contributed by atoms with van der Waals surface area (Å²) in [5.74, 6) is -2.32. The fourth-order valence-electron chi connectivity index (χ4n) is 13.9. The van der Waals surface area contributed by atoms with Crippen molar-refractivity contribution in [1.29, 1.82) is 0 Å². The second-order valence-corrected chi connectivity index (χ2v) is 18.4. The van der Waals surface area contributed by atoms with Crippen molar-refractivity contribution in [2.45, 2.75) is 112 Å². The van der Waals surface area contributed by atoms with Crippen molar-refractivity contribution in [3.05, 3.63) is 58.8 Å².